The van der Waals surface area contributed by atoms with Crippen LogP contribution in [0, 0.1) is 0 Å². The maximum atomic E-state index is 9.90. The van der Waals surface area contributed by atoms with Gasteiger partial charge in [-0.15, -0.1) is 0 Å². The smallest absolute Gasteiger partial charge is 0.161 e. The Morgan fingerprint density at radius 1 is 1.05 bits per heavy atom. The Morgan fingerprint density at radius 2 is 1.86 bits per heavy atom. The molecule has 0 aromatic heterocycles. The van der Waals surface area contributed by atoms with Gasteiger partial charge in [0.2, 0.25) is 0 Å². The number of hydrogen-bond donors (Lipinski definition) is 3. The minimum absolute atomic E-state index is 0.0468. The summed E-state index contributed by atoms with van der Waals surface area (Å²) in [6.07, 6.45) is 1.79. The lowest BCUT2D eigenvalue weighted by molar-refractivity contribution is 0.356. The van der Waals surface area contributed by atoms with Crippen molar-refractivity contribution in [3.8, 4) is 28.7 Å². The third kappa shape index (κ3) is 2.33. The number of ether oxygens (including phenoxy) is 2. The van der Waals surface area contributed by atoms with E-state index in [1.807, 2.05) is 0 Å². The van der Waals surface area contributed by atoms with Crippen molar-refractivity contribution in [3.05, 3.63) is 41.5 Å². The molecule has 5 nitrogen and oxygen atoms in total. The Morgan fingerprint density at radius 3 is 2.62 bits per heavy atom. The third-order valence-corrected chi connectivity index (χ3v) is 3.36. The van der Waals surface area contributed by atoms with Crippen LogP contribution < -0.4 is 9.47 Å². The maximum absolute atomic E-state index is 9.90. The highest BCUT2D eigenvalue weighted by molar-refractivity contribution is 5.88. The molecule has 2 aromatic rings. The molecule has 1 heterocycles. The van der Waals surface area contributed by atoms with Crippen molar-refractivity contribution in [2.24, 2.45) is 0 Å². The van der Waals surface area contributed by atoms with Crippen molar-refractivity contribution in [2.75, 3.05) is 13.7 Å². The van der Waals surface area contributed by atoms with Gasteiger partial charge in [-0.2, -0.15) is 0 Å². The fourth-order valence-electron chi connectivity index (χ4n) is 2.28. The highest BCUT2D eigenvalue weighted by Gasteiger charge is 2.18. The zero-order valence-corrected chi connectivity index (χ0v) is 11.3. The number of phenols is 3. The number of rotatable bonds is 2. The van der Waals surface area contributed by atoms with E-state index in [1.165, 1.54) is 19.2 Å². The molecule has 0 unspecified atom stereocenters. The first-order chi connectivity index (χ1) is 10.1. The number of aromatic hydroxyl groups is 3. The first-order valence-electron chi connectivity index (χ1n) is 6.35. The molecule has 1 aliphatic heterocycles. The van der Waals surface area contributed by atoms with Crippen molar-refractivity contribution in [2.45, 2.75) is 0 Å². The Hall–Kier alpha value is -2.82. The van der Waals surface area contributed by atoms with Crippen LogP contribution in [-0.2, 0) is 0 Å². The molecule has 108 valence electrons. The fourth-order valence-corrected chi connectivity index (χ4v) is 2.28. The molecule has 0 bridgehead atoms. The number of hydrogen-bond acceptors (Lipinski definition) is 5. The van der Waals surface area contributed by atoms with Gasteiger partial charge in [-0.1, -0.05) is 6.07 Å². The molecule has 0 saturated carbocycles. The minimum Gasteiger partial charge on any atom is -0.508 e. The summed E-state index contributed by atoms with van der Waals surface area (Å²) in [7, 11) is 1.48. The molecule has 0 spiro atoms. The summed E-state index contributed by atoms with van der Waals surface area (Å²) in [5, 5.41) is 29.0. The molecule has 0 amide bonds. The summed E-state index contributed by atoms with van der Waals surface area (Å²) in [4.78, 5) is 0. The SMILES string of the molecule is COc1cc(C2=Cc3c(O)cc(O)cc3OC2)ccc1O. The molecule has 0 fully saturated rings. The summed E-state index contributed by atoms with van der Waals surface area (Å²) in [6.45, 7) is 0.295. The second kappa shape index (κ2) is 4.94. The minimum atomic E-state index is -0.0482. The maximum Gasteiger partial charge on any atom is 0.161 e. The average molecular weight is 286 g/mol. The molecule has 2 aromatic carbocycles. The van der Waals surface area contributed by atoms with Crippen LogP contribution in [0.3, 0.4) is 0 Å². The molecule has 3 rings (SSSR count). The van der Waals surface area contributed by atoms with E-state index in [4.69, 9.17) is 9.47 Å². The van der Waals surface area contributed by atoms with Crippen LogP contribution in [0.1, 0.15) is 11.1 Å². The van der Waals surface area contributed by atoms with Crippen molar-refractivity contribution in [3.63, 3.8) is 0 Å². The van der Waals surface area contributed by atoms with Gasteiger partial charge >= 0.3 is 0 Å². The van der Waals surface area contributed by atoms with E-state index in [9.17, 15) is 15.3 Å². The lowest BCUT2D eigenvalue weighted by atomic mass is 10.00. The van der Waals surface area contributed by atoms with Gasteiger partial charge in [0.25, 0.3) is 0 Å². The highest BCUT2D eigenvalue weighted by Crippen LogP contribution is 2.40. The lowest BCUT2D eigenvalue weighted by Crippen LogP contribution is -2.06. The van der Waals surface area contributed by atoms with Crippen molar-refractivity contribution < 1.29 is 24.8 Å². The lowest BCUT2D eigenvalue weighted by Gasteiger charge is -2.19. The van der Waals surface area contributed by atoms with Gasteiger partial charge < -0.3 is 24.8 Å². The van der Waals surface area contributed by atoms with Crippen molar-refractivity contribution >= 4 is 11.6 Å². The molecule has 1 aliphatic rings. The summed E-state index contributed by atoms with van der Waals surface area (Å²) >= 11 is 0. The Balaban J connectivity index is 2.06. The highest BCUT2D eigenvalue weighted by atomic mass is 16.5. The molecule has 0 atom stereocenters. The van der Waals surface area contributed by atoms with Crippen LogP contribution in [0.15, 0.2) is 30.3 Å². The molecule has 5 heteroatoms. The van der Waals surface area contributed by atoms with Gasteiger partial charge in [0, 0.05) is 12.1 Å². The number of benzene rings is 2. The molecular weight excluding hydrogens is 272 g/mol. The van der Waals surface area contributed by atoms with E-state index < -0.39 is 0 Å². The fraction of sp³-hybridized carbons (Fsp3) is 0.125. The van der Waals surface area contributed by atoms with E-state index in [2.05, 4.69) is 0 Å². The van der Waals surface area contributed by atoms with Crippen LogP contribution in [-0.4, -0.2) is 29.0 Å². The number of phenolic OH excluding ortho intramolecular Hbond substituents is 3. The molecular formula is C16H14O5. The quantitative estimate of drug-likeness (QED) is 0.791. The Bertz CT molecular complexity index is 734. The standard InChI is InChI=1S/C16H14O5/c1-20-16-5-9(2-3-13(16)18)10-4-12-14(19)6-11(17)7-15(12)21-8-10/h2-7,17-19H,8H2,1H3. The zero-order chi connectivity index (χ0) is 15.0. The summed E-state index contributed by atoms with van der Waals surface area (Å²) < 4.78 is 10.6. The largest absolute Gasteiger partial charge is 0.508 e. The van der Waals surface area contributed by atoms with E-state index in [0.717, 1.165) is 11.1 Å². The molecule has 0 saturated heterocycles. The van der Waals surface area contributed by atoms with E-state index >= 15 is 0 Å². The first kappa shape index (κ1) is 13.2. The summed E-state index contributed by atoms with van der Waals surface area (Å²) in [5.41, 5.74) is 2.17. The van der Waals surface area contributed by atoms with Crippen LogP contribution in [0.25, 0.3) is 11.6 Å². The monoisotopic (exact) mass is 286 g/mol. The van der Waals surface area contributed by atoms with E-state index in [0.29, 0.717) is 23.7 Å². The van der Waals surface area contributed by atoms with Crippen LogP contribution in [0.4, 0.5) is 0 Å². The van der Waals surface area contributed by atoms with Gasteiger partial charge in [-0.25, -0.2) is 0 Å². The Labute approximate surface area is 121 Å². The van der Waals surface area contributed by atoms with E-state index in [-0.39, 0.29) is 17.2 Å². The first-order valence-corrected chi connectivity index (χ1v) is 6.35. The average Bonchev–Trinajstić information content (AvgIpc) is 2.47. The van der Waals surface area contributed by atoms with Gasteiger partial charge in [-0.3, -0.25) is 0 Å². The number of fused-ring (bicyclic) bond motifs is 1. The molecule has 0 aliphatic carbocycles. The third-order valence-electron chi connectivity index (χ3n) is 3.36. The van der Waals surface area contributed by atoms with Crippen LogP contribution in [0.5, 0.6) is 28.7 Å². The number of methoxy groups -OCH3 is 1. The summed E-state index contributed by atoms with van der Waals surface area (Å²) in [5.74, 6) is 0.769. The second-order valence-corrected chi connectivity index (χ2v) is 4.72. The van der Waals surface area contributed by atoms with Gasteiger partial charge in [0.1, 0.15) is 23.9 Å². The van der Waals surface area contributed by atoms with Crippen molar-refractivity contribution in [1.82, 2.24) is 0 Å². The topological polar surface area (TPSA) is 79.2 Å². The zero-order valence-electron chi connectivity index (χ0n) is 11.3. The predicted molar refractivity (Wildman–Crippen MR) is 77.8 cm³/mol. The molecule has 3 N–H and O–H groups in total. The second-order valence-electron chi connectivity index (χ2n) is 4.72. The van der Waals surface area contributed by atoms with Gasteiger partial charge in [0.15, 0.2) is 11.5 Å². The normalized spacial score (nSPS) is 13.1. The summed E-state index contributed by atoms with van der Waals surface area (Å²) in [6, 6.07) is 7.71. The molecule has 0 radical (unpaired) electrons. The van der Waals surface area contributed by atoms with Crippen molar-refractivity contribution in [1.29, 1.82) is 0 Å². The van der Waals surface area contributed by atoms with Gasteiger partial charge in [0.05, 0.1) is 12.7 Å². The molecule has 21 heavy (non-hydrogen) atoms. The van der Waals surface area contributed by atoms with Crippen LogP contribution >= 0.6 is 0 Å². The predicted octanol–water partition coefficient (Wildman–Crippen LogP) is 2.75. The van der Waals surface area contributed by atoms with E-state index in [1.54, 1.807) is 24.3 Å². The Kier molecular flexibility index (Phi) is 3.10. The van der Waals surface area contributed by atoms with Gasteiger partial charge in [-0.05, 0) is 29.3 Å². The van der Waals surface area contributed by atoms with Crippen LogP contribution in [0.2, 0.25) is 0 Å².